The summed E-state index contributed by atoms with van der Waals surface area (Å²) >= 11 is 0. The van der Waals surface area contributed by atoms with Gasteiger partial charge in [0.2, 0.25) is 0 Å². The minimum Gasteiger partial charge on any atom is -0.387 e. The molecule has 0 aromatic heterocycles. The summed E-state index contributed by atoms with van der Waals surface area (Å²) in [5.41, 5.74) is 2.51. The van der Waals surface area contributed by atoms with Gasteiger partial charge in [-0.1, -0.05) is 51.0 Å². The number of hydrogen-bond acceptors (Lipinski definition) is 2. The van der Waals surface area contributed by atoms with E-state index in [0.717, 1.165) is 31.5 Å². The number of nitrogens with zero attached hydrogens (tertiary/aromatic N) is 1. The zero-order chi connectivity index (χ0) is 15.1. The first-order chi connectivity index (χ1) is 10.3. The SMILES string of the molecule is CCCCN(CCCC)C1CCCc2ccccc2C1O. The summed E-state index contributed by atoms with van der Waals surface area (Å²) in [6.45, 7) is 6.74. The highest BCUT2D eigenvalue weighted by Crippen LogP contribution is 2.32. The van der Waals surface area contributed by atoms with Crippen LogP contribution in [0, 0.1) is 0 Å². The number of aliphatic hydroxyl groups is 1. The molecule has 2 rings (SSSR count). The van der Waals surface area contributed by atoms with E-state index >= 15 is 0 Å². The van der Waals surface area contributed by atoms with Gasteiger partial charge in [-0.05, 0) is 56.3 Å². The van der Waals surface area contributed by atoms with Crippen LogP contribution in [0.4, 0.5) is 0 Å². The average molecular weight is 289 g/mol. The molecule has 21 heavy (non-hydrogen) atoms. The maximum Gasteiger partial charge on any atom is 0.0947 e. The Hall–Kier alpha value is -0.860. The lowest BCUT2D eigenvalue weighted by atomic mass is 9.97. The highest BCUT2D eigenvalue weighted by atomic mass is 16.3. The quantitative estimate of drug-likeness (QED) is 0.755. The Morgan fingerprint density at radius 1 is 1.10 bits per heavy atom. The fourth-order valence-electron chi connectivity index (χ4n) is 3.47. The van der Waals surface area contributed by atoms with Crippen LogP contribution >= 0.6 is 0 Å². The van der Waals surface area contributed by atoms with Crippen LogP contribution < -0.4 is 0 Å². The van der Waals surface area contributed by atoms with Crippen molar-refractivity contribution in [1.29, 1.82) is 0 Å². The molecule has 0 bridgehead atoms. The topological polar surface area (TPSA) is 23.5 Å². The number of unbranched alkanes of at least 4 members (excludes halogenated alkanes) is 2. The van der Waals surface area contributed by atoms with Crippen LogP contribution in [0.25, 0.3) is 0 Å². The number of fused-ring (bicyclic) bond motifs is 1. The molecule has 2 atom stereocenters. The molecule has 0 radical (unpaired) electrons. The molecule has 118 valence electrons. The van der Waals surface area contributed by atoms with Crippen LogP contribution in [-0.2, 0) is 6.42 Å². The molecule has 0 aliphatic heterocycles. The Labute approximate surface area is 130 Å². The molecule has 2 nitrogen and oxygen atoms in total. The molecule has 1 aromatic carbocycles. The number of aryl methyl sites for hydroxylation is 1. The van der Waals surface area contributed by atoms with Crippen molar-refractivity contribution in [1.82, 2.24) is 4.90 Å². The number of hydrogen-bond donors (Lipinski definition) is 1. The van der Waals surface area contributed by atoms with Gasteiger partial charge in [0.25, 0.3) is 0 Å². The molecule has 0 fully saturated rings. The number of aliphatic hydroxyl groups excluding tert-OH is 1. The molecule has 0 heterocycles. The number of benzene rings is 1. The molecular weight excluding hydrogens is 258 g/mol. The van der Waals surface area contributed by atoms with Crippen LogP contribution in [0.15, 0.2) is 24.3 Å². The molecule has 0 amide bonds. The van der Waals surface area contributed by atoms with Gasteiger partial charge >= 0.3 is 0 Å². The van der Waals surface area contributed by atoms with Gasteiger partial charge in [0, 0.05) is 6.04 Å². The van der Waals surface area contributed by atoms with Gasteiger partial charge in [0.1, 0.15) is 0 Å². The summed E-state index contributed by atoms with van der Waals surface area (Å²) in [5.74, 6) is 0. The standard InChI is InChI=1S/C19H31NO/c1-3-5-14-20(15-6-4-2)18-13-9-11-16-10-7-8-12-17(16)19(18)21/h7-8,10,12,18-19,21H,3-6,9,11,13-15H2,1-2H3. The molecule has 1 aliphatic carbocycles. The first-order valence-electron chi connectivity index (χ1n) is 8.77. The summed E-state index contributed by atoms with van der Waals surface area (Å²) in [6, 6.07) is 8.76. The Kier molecular flexibility index (Phi) is 6.72. The van der Waals surface area contributed by atoms with Crippen molar-refractivity contribution < 1.29 is 5.11 Å². The van der Waals surface area contributed by atoms with E-state index in [4.69, 9.17) is 0 Å². The van der Waals surface area contributed by atoms with Gasteiger partial charge in [0.15, 0.2) is 0 Å². The smallest absolute Gasteiger partial charge is 0.0947 e. The third-order valence-electron chi connectivity index (χ3n) is 4.75. The van der Waals surface area contributed by atoms with Crippen LogP contribution in [0.1, 0.15) is 69.6 Å². The maximum absolute atomic E-state index is 10.9. The second-order valence-electron chi connectivity index (χ2n) is 6.35. The van der Waals surface area contributed by atoms with Gasteiger partial charge in [-0.2, -0.15) is 0 Å². The van der Waals surface area contributed by atoms with Crippen molar-refractivity contribution in [3.63, 3.8) is 0 Å². The first kappa shape index (κ1) is 16.5. The van der Waals surface area contributed by atoms with Crippen LogP contribution in [0.2, 0.25) is 0 Å². The predicted molar refractivity (Wildman–Crippen MR) is 89.5 cm³/mol. The Balaban J connectivity index is 2.15. The van der Waals surface area contributed by atoms with Crippen molar-refractivity contribution in [2.24, 2.45) is 0 Å². The summed E-state index contributed by atoms with van der Waals surface area (Å²) < 4.78 is 0. The van der Waals surface area contributed by atoms with E-state index in [9.17, 15) is 5.11 Å². The van der Waals surface area contributed by atoms with E-state index in [2.05, 4.69) is 43.0 Å². The second kappa shape index (κ2) is 8.55. The van der Waals surface area contributed by atoms with Crippen LogP contribution in [0.3, 0.4) is 0 Å². The van der Waals surface area contributed by atoms with Crippen LogP contribution in [0.5, 0.6) is 0 Å². The number of rotatable bonds is 7. The normalized spacial score (nSPS) is 22.1. The molecule has 0 saturated carbocycles. The van der Waals surface area contributed by atoms with Gasteiger partial charge in [-0.25, -0.2) is 0 Å². The van der Waals surface area contributed by atoms with E-state index in [1.165, 1.54) is 37.7 Å². The minimum absolute atomic E-state index is 0.298. The predicted octanol–water partition coefficient (Wildman–Crippen LogP) is 4.33. The molecular formula is C19H31NO. The lowest BCUT2D eigenvalue weighted by Gasteiger charge is -2.34. The maximum atomic E-state index is 10.9. The minimum atomic E-state index is -0.322. The van der Waals surface area contributed by atoms with E-state index in [-0.39, 0.29) is 6.10 Å². The Morgan fingerprint density at radius 3 is 2.43 bits per heavy atom. The molecule has 1 N–H and O–H groups in total. The van der Waals surface area contributed by atoms with Crippen molar-refractivity contribution in [3.05, 3.63) is 35.4 Å². The fourth-order valence-corrected chi connectivity index (χ4v) is 3.47. The third kappa shape index (κ3) is 4.31. The lowest BCUT2D eigenvalue weighted by Crippen LogP contribution is -2.40. The zero-order valence-electron chi connectivity index (χ0n) is 13.7. The van der Waals surface area contributed by atoms with Gasteiger partial charge in [0.05, 0.1) is 6.10 Å². The molecule has 2 unspecified atom stereocenters. The van der Waals surface area contributed by atoms with E-state index in [0.29, 0.717) is 6.04 Å². The van der Waals surface area contributed by atoms with Crippen molar-refractivity contribution >= 4 is 0 Å². The van der Waals surface area contributed by atoms with E-state index in [1.54, 1.807) is 0 Å². The molecule has 0 spiro atoms. The first-order valence-corrected chi connectivity index (χ1v) is 8.77. The summed E-state index contributed by atoms with van der Waals surface area (Å²) in [7, 11) is 0. The van der Waals surface area contributed by atoms with Crippen LogP contribution in [-0.4, -0.2) is 29.1 Å². The summed E-state index contributed by atoms with van der Waals surface area (Å²) in [6.07, 6.45) is 8.00. The van der Waals surface area contributed by atoms with Crippen molar-refractivity contribution in [3.8, 4) is 0 Å². The van der Waals surface area contributed by atoms with Gasteiger partial charge in [-0.3, -0.25) is 4.90 Å². The Morgan fingerprint density at radius 2 is 1.76 bits per heavy atom. The molecule has 0 saturated heterocycles. The Bertz CT molecular complexity index is 410. The van der Waals surface area contributed by atoms with Gasteiger partial charge < -0.3 is 5.11 Å². The third-order valence-corrected chi connectivity index (χ3v) is 4.75. The van der Waals surface area contributed by atoms with Gasteiger partial charge in [-0.15, -0.1) is 0 Å². The highest BCUT2D eigenvalue weighted by Gasteiger charge is 2.29. The zero-order valence-corrected chi connectivity index (χ0v) is 13.7. The highest BCUT2D eigenvalue weighted by molar-refractivity contribution is 5.31. The lowest BCUT2D eigenvalue weighted by molar-refractivity contribution is 0.0428. The van der Waals surface area contributed by atoms with E-state index in [1.807, 2.05) is 0 Å². The molecule has 1 aliphatic rings. The largest absolute Gasteiger partial charge is 0.387 e. The summed E-state index contributed by atoms with van der Waals surface area (Å²) in [4.78, 5) is 2.56. The van der Waals surface area contributed by atoms with E-state index < -0.39 is 0 Å². The average Bonchev–Trinajstić information content (AvgIpc) is 2.68. The fraction of sp³-hybridized carbons (Fsp3) is 0.684. The monoisotopic (exact) mass is 289 g/mol. The molecule has 2 heteroatoms. The summed E-state index contributed by atoms with van der Waals surface area (Å²) in [5, 5.41) is 10.9. The second-order valence-corrected chi connectivity index (χ2v) is 6.35. The van der Waals surface area contributed by atoms with Crippen molar-refractivity contribution in [2.45, 2.75) is 70.9 Å². The van der Waals surface area contributed by atoms with Crippen molar-refractivity contribution in [2.75, 3.05) is 13.1 Å². The molecule has 1 aromatic rings.